The van der Waals surface area contributed by atoms with Gasteiger partial charge in [-0.15, -0.1) is 0 Å². The molecule has 0 saturated carbocycles. The zero-order chi connectivity index (χ0) is 16.0. The number of carboxylic acid groups (broad SMARTS) is 1. The molecule has 0 aromatic heterocycles. The highest BCUT2D eigenvalue weighted by Gasteiger charge is 2.17. The summed E-state index contributed by atoms with van der Waals surface area (Å²) < 4.78 is 0. The molecule has 1 aromatic carbocycles. The lowest BCUT2D eigenvalue weighted by atomic mass is 9.94. The summed E-state index contributed by atoms with van der Waals surface area (Å²) in [5, 5.41) is 12.3. The normalized spacial score (nSPS) is 12.2. The van der Waals surface area contributed by atoms with Crippen molar-refractivity contribution in [3.05, 3.63) is 34.3 Å². The Morgan fingerprint density at radius 2 is 2.00 bits per heavy atom. The molecule has 0 aliphatic heterocycles. The van der Waals surface area contributed by atoms with E-state index in [1.165, 1.54) is 0 Å². The van der Waals surface area contributed by atoms with Gasteiger partial charge in [-0.25, -0.2) is 0 Å². The van der Waals surface area contributed by atoms with Crippen LogP contribution in [0.5, 0.6) is 0 Å². The van der Waals surface area contributed by atoms with Crippen LogP contribution in [0.2, 0.25) is 5.02 Å². The van der Waals surface area contributed by atoms with Crippen LogP contribution >= 0.6 is 11.6 Å². The lowest BCUT2D eigenvalue weighted by molar-refractivity contribution is -0.138. The summed E-state index contributed by atoms with van der Waals surface area (Å²) in [6.07, 6.45) is 0.827. The maximum atomic E-state index is 12.2. The van der Waals surface area contributed by atoms with E-state index in [1.807, 2.05) is 13.8 Å². The smallest absolute Gasteiger partial charge is 0.303 e. The Morgan fingerprint density at radius 1 is 1.33 bits per heavy atom. The van der Waals surface area contributed by atoms with E-state index >= 15 is 0 Å². The van der Waals surface area contributed by atoms with E-state index in [-0.39, 0.29) is 18.2 Å². The lowest BCUT2D eigenvalue weighted by Gasteiger charge is -2.18. The topological polar surface area (TPSA) is 66.4 Å². The number of rotatable bonds is 7. The number of carbonyl (C=O) groups excluding carboxylic acids is 1. The van der Waals surface area contributed by atoms with Crippen LogP contribution in [0.3, 0.4) is 0 Å². The van der Waals surface area contributed by atoms with Crippen molar-refractivity contribution in [2.45, 2.75) is 33.6 Å². The van der Waals surface area contributed by atoms with Gasteiger partial charge < -0.3 is 10.4 Å². The minimum Gasteiger partial charge on any atom is -0.481 e. The zero-order valence-corrected chi connectivity index (χ0v) is 13.4. The number of nitrogens with one attached hydrogen (secondary N) is 1. The molecular weight excluding hydrogens is 290 g/mol. The molecule has 0 bridgehead atoms. The first-order chi connectivity index (χ1) is 9.81. The molecule has 1 aromatic rings. The van der Waals surface area contributed by atoms with Crippen LogP contribution < -0.4 is 5.32 Å². The van der Waals surface area contributed by atoms with Gasteiger partial charge in [-0.05, 0) is 42.9 Å². The maximum absolute atomic E-state index is 12.2. The van der Waals surface area contributed by atoms with Gasteiger partial charge in [-0.1, -0.05) is 31.5 Å². The minimum absolute atomic E-state index is 0.0625. The Hall–Kier alpha value is -1.55. The summed E-state index contributed by atoms with van der Waals surface area (Å²) in [6, 6.07) is 5.18. The quantitative estimate of drug-likeness (QED) is 0.809. The minimum atomic E-state index is -0.839. The van der Waals surface area contributed by atoms with E-state index in [4.69, 9.17) is 16.7 Å². The molecule has 4 nitrogen and oxygen atoms in total. The molecule has 0 heterocycles. The van der Waals surface area contributed by atoms with Crippen molar-refractivity contribution in [2.75, 3.05) is 6.54 Å². The molecule has 0 saturated heterocycles. The predicted molar refractivity (Wildman–Crippen MR) is 83.7 cm³/mol. The Bertz CT molecular complexity index is 514. The molecule has 1 unspecified atom stereocenters. The molecule has 1 rings (SSSR count). The largest absolute Gasteiger partial charge is 0.481 e. The van der Waals surface area contributed by atoms with Crippen LogP contribution in [0, 0.1) is 18.8 Å². The van der Waals surface area contributed by atoms with Crippen LogP contribution in [0.4, 0.5) is 0 Å². The fraction of sp³-hybridized carbons (Fsp3) is 0.500. The number of carboxylic acids is 1. The summed E-state index contributed by atoms with van der Waals surface area (Å²) in [4.78, 5) is 23.1. The molecule has 5 heteroatoms. The first kappa shape index (κ1) is 17.5. The highest BCUT2D eigenvalue weighted by atomic mass is 35.5. The SMILES string of the molecule is Cc1c(Cl)cccc1C(=O)NCC(CC(=O)O)CC(C)C. The third kappa shape index (κ3) is 5.76. The molecule has 0 aliphatic rings. The second kappa shape index (κ2) is 8.03. The summed E-state index contributed by atoms with van der Waals surface area (Å²) in [6.45, 7) is 6.23. The fourth-order valence-electron chi connectivity index (χ4n) is 2.34. The van der Waals surface area contributed by atoms with Gasteiger partial charge >= 0.3 is 5.97 Å². The van der Waals surface area contributed by atoms with Crippen molar-refractivity contribution in [1.29, 1.82) is 0 Å². The maximum Gasteiger partial charge on any atom is 0.303 e. The molecule has 0 aliphatic carbocycles. The molecule has 1 atom stereocenters. The van der Waals surface area contributed by atoms with Crippen LogP contribution in [-0.4, -0.2) is 23.5 Å². The van der Waals surface area contributed by atoms with Gasteiger partial charge in [-0.3, -0.25) is 9.59 Å². The van der Waals surface area contributed by atoms with E-state index in [0.29, 0.717) is 23.0 Å². The number of benzene rings is 1. The highest BCUT2D eigenvalue weighted by molar-refractivity contribution is 6.31. The Kier molecular flexibility index (Phi) is 6.69. The average molecular weight is 312 g/mol. The Labute approximate surface area is 130 Å². The second-order valence-corrected chi connectivity index (χ2v) is 6.12. The van der Waals surface area contributed by atoms with E-state index in [2.05, 4.69) is 5.32 Å². The van der Waals surface area contributed by atoms with E-state index in [0.717, 1.165) is 12.0 Å². The number of hydrogen-bond donors (Lipinski definition) is 2. The summed E-state index contributed by atoms with van der Waals surface area (Å²) in [5.41, 5.74) is 1.26. The van der Waals surface area contributed by atoms with Crippen molar-refractivity contribution in [1.82, 2.24) is 5.32 Å². The first-order valence-corrected chi connectivity index (χ1v) is 7.44. The van der Waals surface area contributed by atoms with Gasteiger partial charge in [0.05, 0.1) is 0 Å². The standard InChI is InChI=1S/C16H22ClNO3/c1-10(2)7-12(8-15(19)20)9-18-16(21)13-5-4-6-14(17)11(13)3/h4-6,10,12H,7-9H2,1-3H3,(H,18,21)(H,19,20). The van der Waals surface area contributed by atoms with Gasteiger partial charge in [0.25, 0.3) is 5.91 Å². The van der Waals surface area contributed by atoms with Crippen molar-refractivity contribution < 1.29 is 14.7 Å². The monoisotopic (exact) mass is 311 g/mol. The van der Waals surface area contributed by atoms with Crippen molar-refractivity contribution in [3.63, 3.8) is 0 Å². The fourth-order valence-corrected chi connectivity index (χ4v) is 2.51. The molecule has 2 N–H and O–H groups in total. The second-order valence-electron chi connectivity index (χ2n) is 5.72. The van der Waals surface area contributed by atoms with E-state index in [9.17, 15) is 9.59 Å². The van der Waals surface area contributed by atoms with Gasteiger partial charge in [0, 0.05) is 23.6 Å². The van der Waals surface area contributed by atoms with Crippen molar-refractivity contribution >= 4 is 23.5 Å². The average Bonchev–Trinajstić information content (AvgIpc) is 2.37. The molecule has 21 heavy (non-hydrogen) atoms. The number of hydrogen-bond acceptors (Lipinski definition) is 2. The van der Waals surface area contributed by atoms with Gasteiger partial charge in [0.2, 0.25) is 0 Å². The third-order valence-corrected chi connectivity index (χ3v) is 3.74. The van der Waals surface area contributed by atoms with Gasteiger partial charge in [0.1, 0.15) is 0 Å². The molecule has 116 valence electrons. The van der Waals surface area contributed by atoms with Crippen molar-refractivity contribution in [2.24, 2.45) is 11.8 Å². The van der Waals surface area contributed by atoms with Crippen LogP contribution in [-0.2, 0) is 4.79 Å². The van der Waals surface area contributed by atoms with Crippen LogP contribution in [0.1, 0.15) is 42.6 Å². The molecule has 1 amide bonds. The number of halogens is 1. The molecule has 0 radical (unpaired) electrons. The Morgan fingerprint density at radius 3 is 2.57 bits per heavy atom. The van der Waals surface area contributed by atoms with Gasteiger partial charge in [0.15, 0.2) is 0 Å². The van der Waals surface area contributed by atoms with Gasteiger partial charge in [-0.2, -0.15) is 0 Å². The zero-order valence-electron chi connectivity index (χ0n) is 12.6. The molecular formula is C16H22ClNO3. The van der Waals surface area contributed by atoms with Crippen LogP contribution in [0.25, 0.3) is 0 Å². The van der Waals surface area contributed by atoms with Crippen molar-refractivity contribution in [3.8, 4) is 0 Å². The van der Waals surface area contributed by atoms with E-state index < -0.39 is 5.97 Å². The number of amides is 1. The molecule has 0 spiro atoms. The summed E-state index contributed by atoms with van der Waals surface area (Å²) in [5.74, 6) is -0.729. The van der Waals surface area contributed by atoms with Crippen LogP contribution in [0.15, 0.2) is 18.2 Å². The summed E-state index contributed by atoms with van der Waals surface area (Å²) >= 11 is 6.00. The third-order valence-electron chi connectivity index (χ3n) is 3.33. The number of carbonyl (C=O) groups is 2. The van der Waals surface area contributed by atoms with E-state index in [1.54, 1.807) is 25.1 Å². The predicted octanol–water partition coefficient (Wildman–Crippen LogP) is 3.52. The highest BCUT2D eigenvalue weighted by Crippen LogP contribution is 2.19. The first-order valence-electron chi connectivity index (χ1n) is 7.06. The Balaban J connectivity index is 2.68. The lowest BCUT2D eigenvalue weighted by Crippen LogP contribution is -2.31. The molecule has 0 fully saturated rings. The number of aliphatic carboxylic acids is 1. The summed E-state index contributed by atoms with van der Waals surface area (Å²) in [7, 11) is 0.